The summed E-state index contributed by atoms with van der Waals surface area (Å²) in [6, 6.07) is 3.59. The van der Waals surface area contributed by atoms with Gasteiger partial charge in [-0.15, -0.1) is 0 Å². The van der Waals surface area contributed by atoms with Crippen molar-refractivity contribution in [1.82, 2.24) is 0 Å². The van der Waals surface area contributed by atoms with E-state index < -0.39 is 11.7 Å². The predicted octanol–water partition coefficient (Wildman–Crippen LogP) is 1.53. The molecular weight excluding hydrogens is 218 g/mol. The van der Waals surface area contributed by atoms with E-state index in [1.165, 1.54) is 0 Å². The molecule has 1 heterocycles. The Morgan fingerprint density at radius 2 is 2.12 bits per heavy atom. The van der Waals surface area contributed by atoms with Crippen molar-refractivity contribution in [1.29, 1.82) is 0 Å². The normalized spacial score (nSPS) is 14.2. The zero-order valence-electron chi connectivity index (χ0n) is 9.49. The Labute approximate surface area is 99.0 Å². The van der Waals surface area contributed by atoms with Gasteiger partial charge in [0.2, 0.25) is 0 Å². The summed E-state index contributed by atoms with van der Waals surface area (Å²) in [5.74, 6) is -1.07. The SMILES string of the molecule is Cc1ccc2c(c1C=CCCO)C(=O)C(=O)N2. The lowest BCUT2D eigenvalue weighted by Crippen LogP contribution is -2.13. The molecule has 88 valence electrons. The number of Topliss-reactive ketones (excluding diaryl/α,β-unsaturated/α-hetero) is 1. The van der Waals surface area contributed by atoms with Crippen molar-refractivity contribution in [2.45, 2.75) is 13.3 Å². The number of anilines is 1. The molecule has 0 aliphatic carbocycles. The number of hydrogen-bond acceptors (Lipinski definition) is 3. The van der Waals surface area contributed by atoms with Gasteiger partial charge in [-0.25, -0.2) is 0 Å². The van der Waals surface area contributed by atoms with Crippen molar-refractivity contribution >= 4 is 23.5 Å². The molecule has 1 aliphatic rings. The highest BCUT2D eigenvalue weighted by molar-refractivity contribution is 6.52. The first-order valence-electron chi connectivity index (χ1n) is 5.42. The van der Waals surface area contributed by atoms with Crippen molar-refractivity contribution in [3.8, 4) is 0 Å². The van der Waals surface area contributed by atoms with Crippen LogP contribution in [-0.4, -0.2) is 23.4 Å². The highest BCUT2D eigenvalue weighted by atomic mass is 16.2. The second-order valence-electron chi connectivity index (χ2n) is 3.92. The maximum Gasteiger partial charge on any atom is 0.296 e. The number of fused-ring (bicyclic) bond motifs is 1. The largest absolute Gasteiger partial charge is 0.396 e. The van der Waals surface area contributed by atoms with Gasteiger partial charge in [0.05, 0.1) is 11.3 Å². The van der Waals surface area contributed by atoms with Crippen LogP contribution in [0.4, 0.5) is 5.69 Å². The molecule has 1 aromatic rings. The third kappa shape index (κ3) is 1.99. The summed E-state index contributed by atoms with van der Waals surface area (Å²) in [4.78, 5) is 23.0. The van der Waals surface area contributed by atoms with Gasteiger partial charge in [-0.2, -0.15) is 0 Å². The van der Waals surface area contributed by atoms with E-state index in [0.29, 0.717) is 17.7 Å². The number of amides is 1. The number of aryl methyl sites for hydroxylation is 1. The quantitative estimate of drug-likeness (QED) is 0.775. The molecule has 0 saturated carbocycles. The molecule has 0 bridgehead atoms. The van der Waals surface area contributed by atoms with Crippen LogP contribution in [0.1, 0.15) is 27.9 Å². The first kappa shape index (κ1) is 11.5. The highest BCUT2D eigenvalue weighted by Gasteiger charge is 2.30. The fourth-order valence-electron chi connectivity index (χ4n) is 1.86. The number of aliphatic hydroxyl groups is 1. The molecule has 1 amide bonds. The molecule has 2 rings (SSSR count). The zero-order chi connectivity index (χ0) is 12.4. The van der Waals surface area contributed by atoms with Crippen molar-refractivity contribution in [3.63, 3.8) is 0 Å². The van der Waals surface area contributed by atoms with Gasteiger partial charge in [0.25, 0.3) is 11.7 Å². The van der Waals surface area contributed by atoms with Crippen LogP contribution in [-0.2, 0) is 4.79 Å². The second-order valence-corrected chi connectivity index (χ2v) is 3.92. The molecule has 1 aliphatic heterocycles. The van der Waals surface area contributed by atoms with E-state index in [0.717, 1.165) is 11.1 Å². The van der Waals surface area contributed by atoms with E-state index >= 15 is 0 Å². The molecule has 0 aromatic heterocycles. The van der Waals surface area contributed by atoms with Crippen molar-refractivity contribution in [2.24, 2.45) is 0 Å². The zero-order valence-corrected chi connectivity index (χ0v) is 9.49. The molecule has 0 fully saturated rings. The summed E-state index contributed by atoms with van der Waals surface area (Å²) in [5, 5.41) is 11.2. The number of rotatable bonds is 3. The predicted molar refractivity (Wildman–Crippen MR) is 64.9 cm³/mol. The first-order valence-corrected chi connectivity index (χ1v) is 5.42. The van der Waals surface area contributed by atoms with Crippen LogP contribution in [0.15, 0.2) is 18.2 Å². The lowest BCUT2D eigenvalue weighted by molar-refractivity contribution is -0.112. The molecule has 0 spiro atoms. The molecule has 0 radical (unpaired) electrons. The van der Waals surface area contributed by atoms with E-state index in [2.05, 4.69) is 5.32 Å². The van der Waals surface area contributed by atoms with Gasteiger partial charge < -0.3 is 10.4 Å². The average molecular weight is 231 g/mol. The molecule has 1 aromatic carbocycles. The average Bonchev–Trinajstić information content (AvgIpc) is 2.59. The van der Waals surface area contributed by atoms with Gasteiger partial charge in [-0.05, 0) is 30.5 Å². The van der Waals surface area contributed by atoms with E-state index in [4.69, 9.17) is 5.11 Å². The minimum atomic E-state index is -0.581. The van der Waals surface area contributed by atoms with Gasteiger partial charge in [0.1, 0.15) is 0 Å². The Hall–Kier alpha value is -1.94. The number of carbonyl (C=O) groups is 2. The lowest BCUT2D eigenvalue weighted by atomic mass is 9.98. The Bertz CT molecular complexity index is 518. The van der Waals surface area contributed by atoms with Crippen LogP contribution >= 0.6 is 0 Å². The Kier molecular flexibility index (Phi) is 3.06. The summed E-state index contributed by atoms with van der Waals surface area (Å²) in [5.41, 5.74) is 2.68. The minimum Gasteiger partial charge on any atom is -0.396 e. The summed E-state index contributed by atoms with van der Waals surface area (Å²) in [6.07, 6.45) is 4.10. The van der Waals surface area contributed by atoms with Gasteiger partial charge in [0, 0.05) is 6.61 Å². The van der Waals surface area contributed by atoms with Gasteiger partial charge in [0.15, 0.2) is 0 Å². The number of carbonyl (C=O) groups excluding carboxylic acids is 2. The van der Waals surface area contributed by atoms with Gasteiger partial charge in [-0.1, -0.05) is 18.2 Å². The van der Waals surface area contributed by atoms with Crippen LogP contribution in [0.5, 0.6) is 0 Å². The fraction of sp³-hybridized carbons (Fsp3) is 0.231. The maximum absolute atomic E-state index is 11.7. The second kappa shape index (κ2) is 4.51. The van der Waals surface area contributed by atoms with Crippen molar-refractivity contribution < 1.29 is 14.7 Å². The van der Waals surface area contributed by atoms with Crippen molar-refractivity contribution in [3.05, 3.63) is 34.9 Å². The summed E-state index contributed by atoms with van der Waals surface area (Å²) in [6.45, 7) is 1.95. The maximum atomic E-state index is 11.7. The molecular formula is C13H13NO3. The monoisotopic (exact) mass is 231 g/mol. The van der Waals surface area contributed by atoms with Crippen molar-refractivity contribution in [2.75, 3.05) is 11.9 Å². The van der Waals surface area contributed by atoms with Gasteiger partial charge >= 0.3 is 0 Å². The van der Waals surface area contributed by atoms with E-state index in [1.54, 1.807) is 18.2 Å². The van der Waals surface area contributed by atoms with Crippen LogP contribution in [0, 0.1) is 6.92 Å². The van der Waals surface area contributed by atoms with Crippen LogP contribution in [0.25, 0.3) is 6.08 Å². The third-order valence-corrected chi connectivity index (χ3v) is 2.73. The molecule has 2 N–H and O–H groups in total. The Morgan fingerprint density at radius 1 is 1.35 bits per heavy atom. The smallest absolute Gasteiger partial charge is 0.296 e. The third-order valence-electron chi connectivity index (χ3n) is 2.73. The molecule has 0 unspecified atom stereocenters. The number of hydrogen-bond donors (Lipinski definition) is 2. The number of ketones is 1. The van der Waals surface area contributed by atoms with Crippen LogP contribution < -0.4 is 5.32 Å². The number of benzene rings is 1. The molecule has 4 heteroatoms. The van der Waals surface area contributed by atoms with Crippen LogP contribution in [0.2, 0.25) is 0 Å². The van der Waals surface area contributed by atoms with E-state index in [-0.39, 0.29) is 6.61 Å². The molecule has 17 heavy (non-hydrogen) atoms. The Morgan fingerprint density at radius 3 is 2.82 bits per heavy atom. The highest BCUT2D eigenvalue weighted by Crippen LogP contribution is 2.29. The minimum absolute atomic E-state index is 0.0652. The summed E-state index contributed by atoms with van der Waals surface area (Å²) < 4.78 is 0. The first-order chi connectivity index (χ1) is 8.15. The number of aliphatic hydroxyl groups excluding tert-OH is 1. The standard InChI is InChI=1S/C13H13NO3/c1-8-5-6-10-11(12(16)13(17)14-10)9(8)4-2-3-7-15/h2,4-6,15H,3,7H2,1H3,(H,14,16,17). The van der Waals surface area contributed by atoms with E-state index in [1.807, 2.05) is 13.0 Å². The topological polar surface area (TPSA) is 66.4 Å². The molecule has 0 saturated heterocycles. The number of nitrogens with one attached hydrogen (secondary N) is 1. The molecule has 4 nitrogen and oxygen atoms in total. The van der Waals surface area contributed by atoms with Crippen LogP contribution in [0.3, 0.4) is 0 Å². The fourth-order valence-corrected chi connectivity index (χ4v) is 1.86. The summed E-state index contributed by atoms with van der Waals surface area (Å²) >= 11 is 0. The van der Waals surface area contributed by atoms with Gasteiger partial charge in [-0.3, -0.25) is 9.59 Å². The van der Waals surface area contributed by atoms with E-state index in [9.17, 15) is 9.59 Å². The lowest BCUT2D eigenvalue weighted by Gasteiger charge is -2.05. The molecule has 0 atom stereocenters. The Balaban J connectivity index is 2.49. The summed E-state index contributed by atoms with van der Waals surface area (Å²) in [7, 11) is 0.